The van der Waals surface area contributed by atoms with E-state index in [4.69, 9.17) is 0 Å². The van der Waals surface area contributed by atoms with Crippen molar-refractivity contribution < 1.29 is 0 Å². The molecule has 3 rings (SSSR count). The zero-order chi connectivity index (χ0) is 12.5. The second kappa shape index (κ2) is 4.97. The van der Waals surface area contributed by atoms with Gasteiger partial charge in [0.2, 0.25) is 0 Å². The van der Waals surface area contributed by atoms with Gasteiger partial charge in [0.1, 0.15) is 6.33 Å². The van der Waals surface area contributed by atoms with Crippen molar-refractivity contribution in [2.75, 3.05) is 7.05 Å². The van der Waals surface area contributed by atoms with Crippen molar-refractivity contribution in [1.29, 1.82) is 0 Å². The van der Waals surface area contributed by atoms with Gasteiger partial charge in [-0.05, 0) is 32.7 Å². The molecule has 2 saturated heterocycles. The molecule has 0 amide bonds. The molecule has 5 nitrogen and oxygen atoms in total. The van der Waals surface area contributed by atoms with Crippen LogP contribution in [0.5, 0.6) is 0 Å². The molecule has 0 radical (unpaired) electrons. The van der Waals surface area contributed by atoms with Gasteiger partial charge in [0.15, 0.2) is 5.82 Å². The summed E-state index contributed by atoms with van der Waals surface area (Å²) in [5, 5.41) is 7.88. The SMILES string of the molecule is CNC1CC2CCCC(C1)N2Cc1ncn(C)n1. The van der Waals surface area contributed by atoms with E-state index in [2.05, 4.69) is 27.3 Å². The molecule has 0 spiro atoms. The number of hydrogen-bond donors (Lipinski definition) is 1. The molecule has 1 aromatic heterocycles. The summed E-state index contributed by atoms with van der Waals surface area (Å²) in [6.45, 7) is 0.923. The van der Waals surface area contributed by atoms with Crippen LogP contribution in [-0.2, 0) is 13.6 Å². The first kappa shape index (κ1) is 12.1. The van der Waals surface area contributed by atoms with Crippen LogP contribution in [-0.4, -0.2) is 44.8 Å². The lowest BCUT2D eigenvalue weighted by Gasteiger charge is -2.48. The Morgan fingerprint density at radius 1 is 1.33 bits per heavy atom. The molecule has 1 aromatic rings. The Labute approximate surface area is 109 Å². The number of rotatable bonds is 3. The zero-order valence-corrected chi connectivity index (χ0v) is 11.3. The van der Waals surface area contributed by atoms with E-state index in [1.54, 1.807) is 11.0 Å². The Morgan fingerprint density at radius 3 is 2.61 bits per heavy atom. The van der Waals surface area contributed by atoms with Gasteiger partial charge in [0.25, 0.3) is 0 Å². The first-order chi connectivity index (χ1) is 8.76. The topological polar surface area (TPSA) is 46.0 Å². The summed E-state index contributed by atoms with van der Waals surface area (Å²) in [5.74, 6) is 0.970. The number of nitrogens with zero attached hydrogens (tertiary/aromatic N) is 4. The van der Waals surface area contributed by atoms with Crippen LogP contribution >= 0.6 is 0 Å². The van der Waals surface area contributed by atoms with Crippen LogP contribution in [0.25, 0.3) is 0 Å². The lowest BCUT2D eigenvalue weighted by Crippen LogP contribution is -2.55. The molecule has 2 fully saturated rings. The summed E-state index contributed by atoms with van der Waals surface area (Å²) in [7, 11) is 4.03. The minimum atomic E-state index is 0.702. The van der Waals surface area contributed by atoms with Crippen LogP contribution in [0.1, 0.15) is 37.9 Å². The van der Waals surface area contributed by atoms with E-state index >= 15 is 0 Å². The summed E-state index contributed by atoms with van der Waals surface area (Å²) in [6, 6.07) is 2.14. The minimum absolute atomic E-state index is 0.702. The lowest BCUT2D eigenvalue weighted by molar-refractivity contribution is 0.0170. The second-order valence-corrected chi connectivity index (χ2v) is 5.70. The standard InChI is InChI=1S/C13H23N5/c1-14-10-6-11-4-3-5-12(7-10)18(11)8-13-15-9-17(2)16-13/h9-12,14H,3-8H2,1-2H3. The third-order valence-electron chi connectivity index (χ3n) is 4.51. The van der Waals surface area contributed by atoms with E-state index in [1.165, 1.54) is 32.1 Å². The highest BCUT2D eigenvalue weighted by molar-refractivity contribution is 4.97. The van der Waals surface area contributed by atoms with Gasteiger partial charge in [0.05, 0.1) is 6.54 Å². The normalized spacial score (nSPS) is 32.7. The minimum Gasteiger partial charge on any atom is -0.317 e. The fourth-order valence-corrected chi connectivity index (χ4v) is 3.59. The zero-order valence-electron chi connectivity index (χ0n) is 11.3. The van der Waals surface area contributed by atoms with Gasteiger partial charge >= 0.3 is 0 Å². The van der Waals surface area contributed by atoms with Gasteiger partial charge < -0.3 is 5.32 Å². The smallest absolute Gasteiger partial charge is 0.164 e. The first-order valence-corrected chi connectivity index (χ1v) is 7.04. The predicted molar refractivity (Wildman–Crippen MR) is 70.1 cm³/mol. The molecule has 0 aromatic carbocycles. The summed E-state index contributed by atoms with van der Waals surface area (Å²) < 4.78 is 1.80. The van der Waals surface area contributed by atoms with E-state index in [-0.39, 0.29) is 0 Å². The van der Waals surface area contributed by atoms with Gasteiger partial charge in [-0.3, -0.25) is 9.58 Å². The van der Waals surface area contributed by atoms with E-state index in [9.17, 15) is 0 Å². The van der Waals surface area contributed by atoms with E-state index < -0.39 is 0 Å². The van der Waals surface area contributed by atoms with E-state index in [0.717, 1.165) is 24.5 Å². The molecule has 5 heteroatoms. The van der Waals surface area contributed by atoms with Crippen molar-refractivity contribution in [3.63, 3.8) is 0 Å². The Balaban J connectivity index is 1.71. The molecule has 18 heavy (non-hydrogen) atoms. The average molecular weight is 249 g/mol. The van der Waals surface area contributed by atoms with Crippen molar-refractivity contribution in [1.82, 2.24) is 25.0 Å². The van der Waals surface area contributed by atoms with Gasteiger partial charge in [0, 0.05) is 25.2 Å². The first-order valence-electron chi connectivity index (χ1n) is 7.04. The predicted octanol–water partition coefficient (Wildman–Crippen LogP) is 0.920. The maximum absolute atomic E-state index is 4.42. The van der Waals surface area contributed by atoms with Crippen LogP contribution < -0.4 is 5.32 Å². The molecular weight excluding hydrogens is 226 g/mol. The van der Waals surface area contributed by atoms with Crippen molar-refractivity contribution in [3.8, 4) is 0 Å². The molecular formula is C13H23N5. The molecule has 2 unspecified atom stereocenters. The summed E-state index contributed by atoms with van der Waals surface area (Å²) in [5.41, 5.74) is 0. The number of hydrogen-bond acceptors (Lipinski definition) is 4. The Kier molecular flexibility index (Phi) is 3.35. The fraction of sp³-hybridized carbons (Fsp3) is 0.846. The molecule has 2 bridgehead atoms. The third kappa shape index (κ3) is 2.29. The van der Waals surface area contributed by atoms with Gasteiger partial charge in [-0.25, -0.2) is 4.98 Å². The molecule has 0 saturated carbocycles. The summed E-state index contributed by atoms with van der Waals surface area (Å²) >= 11 is 0. The quantitative estimate of drug-likeness (QED) is 0.865. The van der Waals surface area contributed by atoms with Crippen LogP contribution in [0.2, 0.25) is 0 Å². The summed E-state index contributed by atoms with van der Waals surface area (Å²) in [6.07, 6.45) is 8.41. The largest absolute Gasteiger partial charge is 0.317 e. The van der Waals surface area contributed by atoms with Crippen molar-refractivity contribution in [2.45, 2.75) is 56.8 Å². The molecule has 2 aliphatic rings. The monoisotopic (exact) mass is 249 g/mol. The van der Waals surface area contributed by atoms with Crippen molar-refractivity contribution in [3.05, 3.63) is 12.2 Å². The second-order valence-electron chi connectivity index (χ2n) is 5.70. The van der Waals surface area contributed by atoms with Gasteiger partial charge in [-0.15, -0.1) is 0 Å². The van der Waals surface area contributed by atoms with E-state index in [1.807, 2.05) is 7.05 Å². The Morgan fingerprint density at radius 2 is 2.06 bits per heavy atom. The molecule has 100 valence electrons. The highest BCUT2D eigenvalue weighted by atomic mass is 15.3. The van der Waals surface area contributed by atoms with Crippen molar-refractivity contribution >= 4 is 0 Å². The highest BCUT2D eigenvalue weighted by Crippen LogP contribution is 2.34. The Bertz CT molecular complexity index is 388. The van der Waals surface area contributed by atoms with E-state index in [0.29, 0.717) is 6.04 Å². The number of nitrogens with one attached hydrogen (secondary N) is 1. The maximum Gasteiger partial charge on any atom is 0.164 e. The number of aryl methyl sites for hydroxylation is 1. The molecule has 1 N–H and O–H groups in total. The third-order valence-corrected chi connectivity index (χ3v) is 4.51. The van der Waals surface area contributed by atoms with Crippen LogP contribution in [0.3, 0.4) is 0 Å². The Hall–Kier alpha value is -0.940. The average Bonchev–Trinajstić information content (AvgIpc) is 2.74. The highest BCUT2D eigenvalue weighted by Gasteiger charge is 2.37. The molecule has 0 aliphatic carbocycles. The van der Waals surface area contributed by atoms with Crippen LogP contribution in [0.15, 0.2) is 6.33 Å². The lowest BCUT2D eigenvalue weighted by atomic mass is 9.82. The molecule has 2 atom stereocenters. The number of aromatic nitrogens is 3. The number of fused-ring (bicyclic) bond motifs is 2. The van der Waals surface area contributed by atoms with Crippen molar-refractivity contribution in [2.24, 2.45) is 7.05 Å². The molecule has 3 heterocycles. The number of piperidine rings is 2. The van der Waals surface area contributed by atoms with Gasteiger partial charge in [-0.2, -0.15) is 5.10 Å². The van der Waals surface area contributed by atoms with Gasteiger partial charge in [-0.1, -0.05) is 6.42 Å². The van der Waals surface area contributed by atoms with Crippen LogP contribution in [0.4, 0.5) is 0 Å². The molecule has 2 aliphatic heterocycles. The maximum atomic E-state index is 4.42. The summed E-state index contributed by atoms with van der Waals surface area (Å²) in [4.78, 5) is 7.02. The fourth-order valence-electron chi connectivity index (χ4n) is 3.59. The van der Waals surface area contributed by atoms with Crippen LogP contribution in [0, 0.1) is 0 Å².